The van der Waals surface area contributed by atoms with Gasteiger partial charge in [-0.05, 0) is 116 Å². The number of nitrogens with zero attached hydrogens (tertiary/aromatic N) is 5. The third kappa shape index (κ3) is 9.11. The Morgan fingerprint density at radius 3 is 2.51 bits per heavy atom. The van der Waals surface area contributed by atoms with Gasteiger partial charge in [-0.15, -0.1) is 0 Å². The Morgan fingerprint density at radius 2 is 1.78 bits per heavy atom. The predicted molar refractivity (Wildman–Crippen MR) is 259 cm³/mol. The standard InChI is InChI=1S/C53H68N8O7/c1-8-59-43-15-14-34-26-38(43)39(46(59)37-12-9-18-54-44(37)31(2)3)27-52(6,7)30-68-50(66)40-13-10-20-61(57-40)49(65)41(24-33-22-35(34)25-36(62)23-33)56-47(63)45(32(4)5)60-21-17-53(51(60)67)16-11-19-58(29-53)48(64)42-28-55-42/h9,12,14-15,18,22-23,25-26,31-32,40-42,45,55,57,62H,8,10-11,13,16-17,19-21,24,27-30H2,1-7H3,(H,56,63)/t40-,41-,42+,45-,53+/m0/s1. The van der Waals surface area contributed by atoms with E-state index in [-0.39, 0.29) is 48.5 Å². The molecule has 15 nitrogen and oxygen atoms in total. The summed E-state index contributed by atoms with van der Waals surface area (Å²) in [5.74, 6) is -1.60. The van der Waals surface area contributed by atoms with E-state index in [1.165, 1.54) is 5.01 Å². The van der Waals surface area contributed by atoms with E-state index in [4.69, 9.17) is 9.72 Å². The lowest BCUT2D eigenvalue weighted by Gasteiger charge is -2.40. The van der Waals surface area contributed by atoms with Crippen LogP contribution in [0.4, 0.5) is 0 Å². The third-order valence-electron chi connectivity index (χ3n) is 14.9. The topological polar surface area (TPSA) is 188 Å². The number of phenolic OH excluding ortho intramolecular Hbond substituents is 1. The lowest BCUT2D eigenvalue weighted by Crippen LogP contribution is -2.62. The molecule has 0 aliphatic carbocycles. The zero-order chi connectivity index (χ0) is 48.2. The van der Waals surface area contributed by atoms with Crippen LogP contribution in [0.3, 0.4) is 0 Å². The van der Waals surface area contributed by atoms with Gasteiger partial charge in [0.15, 0.2) is 0 Å². The lowest BCUT2D eigenvalue weighted by molar-refractivity contribution is -0.155. The molecular weight excluding hydrogens is 861 g/mol. The fourth-order valence-electron chi connectivity index (χ4n) is 11.4. The predicted octanol–water partition coefficient (Wildman–Crippen LogP) is 5.71. The smallest absolute Gasteiger partial charge is 0.324 e. The number of likely N-dealkylation sites (tertiary alicyclic amines) is 2. The molecule has 7 heterocycles. The average Bonchev–Trinajstić information content (AvgIpc) is 4.07. The molecule has 4 aromatic rings. The minimum absolute atomic E-state index is 0.0130. The van der Waals surface area contributed by atoms with Crippen LogP contribution in [0.15, 0.2) is 54.7 Å². The van der Waals surface area contributed by atoms with Crippen LogP contribution in [0.25, 0.3) is 33.3 Å². The fraction of sp³-hybridized carbons (Fsp3) is 0.547. The van der Waals surface area contributed by atoms with Crippen LogP contribution in [-0.4, -0.2) is 123 Å². The highest BCUT2D eigenvalue weighted by Crippen LogP contribution is 2.44. The molecule has 0 unspecified atom stereocenters. The quantitative estimate of drug-likeness (QED) is 0.126. The summed E-state index contributed by atoms with van der Waals surface area (Å²) in [5, 5.41) is 20.0. The molecule has 2 aromatic carbocycles. The number of esters is 1. The number of aromatic nitrogens is 2. The average molecular weight is 929 g/mol. The minimum Gasteiger partial charge on any atom is -0.508 e. The van der Waals surface area contributed by atoms with E-state index in [0.29, 0.717) is 83.4 Å². The number of carbonyl (C=O) groups is 5. The summed E-state index contributed by atoms with van der Waals surface area (Å²) in [6, 6.07) is 12.8. The summed E-state index contributed by atoms with van der Waals surface area (Å²) in [4.78, 5) is 79.6. The molecule has 9 rings (SSSR count). The van der Waals surface area contributed by atoms with Crippen LogP contribution < -0.4 is 16.1 Å². The van der Waals surface area contributed by atoms with E-state index in [1.807, 2.05) is 32.2 Å². The number of hydrogen-bond acceptors (Lipinski definition) is 10. The summed E-state index contributed by atoms with van der Waals surface area (Å²) >= 11 is 0. The number of hydrazine groups is 1. The summed E-state index contributed by atoms with van der Waals surface area (Å²) in [5.41, 5.74) is 9.41. The zero-order valence-electron chi connectivity index (χ0n) is 40.7. The Kier molecular flexibility index (Phi) is 12.9. The van der Waals surface area contributed by atoms with Crippen molar-refractivity contribution in [2.75, 3.05) is 39.3 Å². The van der Waals surface area contributed by atoms with Crippen LogP contribution in [0.1, 0.15) is 103 Å². The second-order valence-corrected chi connectivity index (χ2v) is 21.4. The number of piperidine rings is 1. The van der Waals surface area contributed by atoms with E-state index < -0.39 is 46.7 Å². The van der Waals surface area contributed by atoms with Gasteiger partial charge in [-0.25, -0.2) is 5.43 Å². The Labute approximate surface area is 399 Å². The highest BCUT2D eigenvalue weighted by Gasteiger charge is 2.53. The highest BCUT2D eigenvalue weighted by molar-refractivity contribution is 5.97. The number of pyridine rings is 1. The number of aryl methyl sites for hydroxylation is 1. The molecule has 5 aliphatic heterocycles. The van der Waals surface area contributed by atoms with Crippen molar-refractivity contribution in [3.8, 4) is 28.1 Å². The van der Waals surface area contributed by atoms with Crippen LogP contribution in [0.2, 0.25) is 0 Å². The van der Waals surface area contributed by atoms with Crippen molar-refractivity contribution in [1.29, 1.82) is 0 Å². The number of aromatic hydroxyl groups is 1. The van der Waals surface area contributed by atoms with Gasteiger partial charge in [0.05, 0.1) is 29.5 Å². The molecule has 362 valence electrons. The van der Waals surface area contributed by atoms with Crippen molar-refractivity contribution >= 4 is 40.5 Å². The first-order valence-electron chi connectivity index (χ1n) is 24.8. The number of fused-ring (bicyclic) bond motifs is 6. The Morgan fingerprint density at radius 1 is 0.985 bits per heavy atom. The molecule has 2 aromatic heterocycles. The molecule has 5 atom stereocenters. The molecule has 0 saturated carbocycles. The molecule has 4 fully saturated rings. The summed E-state index contributed by atoms with van der Waals surface area (Å²) < 4.78 is 8.48. The van der Waals surface area contributed by atoms with E-state index in [9.17, 15) is 29.1 Å². The summed E-state index contributed by atoms with van der Waals surface area (Å²) in [7, 11) is 0. The van der Waals surface area contributed by atoms with Crippen molar-refractivity contribution in [2.24, 2.45) is 16.7 Å². The second kappa shape index (κ2) is 18.6. The molecule has 15 heteroatoms. The lowest BCUT2D eigenvalue weighted by atomic mass is 9.78. The molecule has 0 radical (unpaired) electrons. The minimum atomic E-state index is -1.14. The number of amides is 4. The van der Waals surface area contributed by atoms with E-state index in [1.54, 1.807) is 21.9 Å². The molecule has 6 bridgehead atoms. The van der Waals surface area contributed by atoms with Crippen LogP contribution >= 0.6 is 0 Å². The van der Waals surface area contributed by atoms with Gasteiger partial charge in [-0.2, -0.15) is 0 Å². The number of phenols is 1. The highest BCUT2D eigenvalue weighted by atomic mass is 16.5. The van der Waals surface area contributed by atoms with Gasteiger partial charge in [-0.3, -0.25) is 34.0 Å². The molecule has 4 amide bonds. The van der Waals surface area contributed by atoms with Crippen molar-refractivity contribution in [1.82, 2.24) is 40.4 Å². The first-order chi connectivity index (χ1) is 32.5. The number of ether oxygens (including phenoxy) is 1. The maximum atomic E-state index is 14.8. The monoisotopic (exact) mass is 929 g/mol. The van der Waals surface area contributed by atoms with Gasteiger partial charge in [0.25, 0.3) is 5.91 Å². The molecule has 68 heavy (non-hydrogen) atoms. The van der Waals surface area contributed by atoms with Gasteiger partial charge in [0.1, 0.15) is 23.9 Å². The van der Waals surface area contributed by atoms with Crippen molar-refractivity contribution in [3.63, 3.8) is 0 Å². The zero-order valence-corrected chi connectivity index (χ0v) is 40.7. The molecule has 4 saturated heterocycles. The Hall–Kier alpha value is -5.80. The number of carbonyl (C=O) groups excluding carboxylic acids is 5. The summed E-state index contributed by atoms with van der Waals surface area (Å²) in [6.45, 7) is 17.5. The van der Waals surface area contributed by atoms with Crippen LogP contribution in [0.5, 0.6) is 5.75 Å². The first-order valence-corrected chi connectivity index (χ1v) is 24.8. The normalized spacial score (nSPS) is 24.7. The van der Waals surface area contributed by atoms with E-state index in [0.717, 1.165) is 44.5 Å². The fourth-order valence-corrected chi connectivity index (χ4v) is 11.4. The van der Waals surface area contributed by atoms with Crippen molar-refractivity contribution < 1.29 is 33.8 Å². The van der Waals surface area contributed by atoms with Gasteiger partial charge < -0.3 is 34.8 Å². The maximum Gasteiger partial charge on any atom is 0.324 e. The first kappa shape index (κ1) is 47.3. The number of hydrogen-bond donors (Lipinski definition) is 4. The number of cyclic esters (lactones) is 1. The van der Waals surface area contributed by atoms with Crippen molar-refractivity contribution in [2.45, 2.75) is 130 Å². The van der Waals surface area contributed by atoms with E-state index in [2.05, 4.69) is 79.5 Å². The Balaban J connectivity index is 1.09. The number of rotatable bonds is 8. The summed E-state index contributed by atoms with van der Waals surface area (Å²) in [6.07, 6.45) is 5.31. The molecule has 1 spiro atoms. The van der Waals surface area contributed by atoms with Crippen LogP contribution in [-0.2, 0) is 48.1 Å². The SMILES string of the molecule is CCn1c(-c2cccnc2C(C)C)c2c3cc(ccc31)-c1cc(O)cc(c1)C[C@H](NC(=O)[C@H](C(C)C)N1CC[C@@]3(CCCN(C(=O)[C@H]4CN4)C3)C1=O)C(=O)N1CCC[C@H](N1)C(=O)OCC(C)(C)C2. The second-order valence-electron chi connectivity index (χ2n) is 21.4. The maximum absolute atomic E-state index is 14.8. The largest absolute Gasteiger partial charge is 0.508 e. The van der Waals surface area contributed by atoms with Gasteiger partial charge in [-0.1, -0.05) is 53.7 Å². The Bertz CT molecular complexity index is 2640. The molecule has 4 N–H and O–H groups in total. The van der Waals surface area contributed by atoms with Crippen LogP contribution in [0, 0.1) is 16.7 Å². The number of benzene rings is 2. The van der Waals surface area contributed by atoms with Gasteiger partial charge >= 0.3 is 5.97 Å². The number of nitrogens with one attached hydrogen (secondary N) is 3. The van der Waals surface area contributed by atoms with Gasteiger partial charge in [0.2, 0.25) is 17.7 Å². The van der Waals surface area contributed by atoms with E-state index >= 15 is 0 Å². The molecule has 5 aliphatic rings. The van der Waals surface area contributed by atoms with Crippen molar-refractivity contribution in [3.05, 3.63) is 71.5 Å². The third-order valence-corrected chi connectivity index (χ3v) is 14.9. The molecular formula is C53H68N8O7. The van der Waals surface area contributed by atoms with Gasteiger partial charge in [0, 0.05) is 73.8 Å².